The largest absolute Gasteiger partial charge is 0.492 e. The van der Waals surface area contributed by atoms with Crippen LogP contribution < -0.4 is 10.1 Å². The first-order chi connectivity index (χ1) is 16.8. The van der Waals surface area contributed by atoms with Crippen LogP contribution in [0.4, 0.5) is 9.18 Å². The maximum atomic E-state index is 13.1. The van der Waals surface area contributed by atoms with Gasteiger partial charge in [-0.3, -0.25) is 0 Å². The highest BCUT2D eigenvalue weighted by Crippen LogP contribution is 2.15. The fourth-order valence-corrected chi connectivity index (χ4v) is 3.47. The van der Waals surface area contributed by atoms with Crippen LogP contribution in [0.5, 0.6) is 5.75 Å². The number of carboxylic acids is 1. The third-order valence-corrected chi connectivity index (χ3v) is 5.37. The van der Waals surface area contributed by atoms with Gasteiger partial charge < -0.3 is 24.8 Å². The first kappa shape index (κ1) is 28.1. The van der Waals surface area contributed by atoms with E-state index < -0.39 is 12.1 Å². The summed E-state index contributed by atoms with van der Waals surface area (Å²) in [5.41, 5.74) is 1.87. The number of hydrogen-bond donors (Lipinski definition) is 2. The first-order valence-electron chi connectivity index (χ1n) is 12.1. The molecule has 0 aliphatic heterocycles. The van der Waals surface area contributed by atoms with Crippen LogP contribution >= 0.6 is 0 Å². The van der Waals surface area contributed by atoms with Crippen LogP contribution in [-0.2, 0) is 22.4 Å². The van der Waals surface area contributed by atoms with Gasteiger partial charge in [0.05, 0.1) is 6.54 Å². The van der Waals surface area contributed by atoms with Gasteiger partial charge in [-0.25, -0.2) is 14.0 Å². The van der Waals surface area contributed by atoms with Gasteiger partial charge in [0.25, 0.3) is 0 Å². The van der Waals surface area contributed by atoms with E-state index in [9.17, 15) is 19.1 Å². The Hall–Kier alpha value is -3.13. The molecule has 0 fully saturated rings. The summed E-state index contributed by atoms with van der Waals surface area (Å²) in [4.78, 5) is 25.7. The highest BCUT2D eigenvalue weighted by molar-refractivity contribution is 5.74. The lowest BCUT2D eigenvalue weighted by atomic mass is 10.1. The number of nitrogens with one attached hydrogen (secondary N) is 1. The van der Waals surface area contributed by atoms with E-state index in [0.29, 0.717) is 44.5 Å². The number of carbonyl (C=O) groups is 2. The Balaban J connectivity index is 1.87. The van der Waals surface area contributed by atoms with E-state index in [1.165, 1.54) is 12.1 Å². The molecule has 0 aromatic heterocycles. The van der Waals surface area contributed by atoms with Crippen molar-refractivity contribution in [2.75, 3.05) is 32.8 Å². The number of ether oxygens (including phenoxy) is 2. The molecule has 0 radical (unpaired) electrons. The quantitative estimate of drug-likeness (QED) is 0.384. The second kappa shape index (κ2) is 15.0. The van der Waals surface area contributed by atoms with Crippen LogP contribution in [-0.4, -0.2) is 61.0 Å². The summed E-state index contributed by atoms with van der Waals surface area (Å²) in [6.45, 7) is 8.07. The lowest BCUT2D eigenvalue weighted by Crippen LogP contribution is -2.43. The van der Waals surface area contributed by atoms with Crippen molar-refractivity contribution in [3.63, 3.8) is 0 Å². The predicted molar refractivity (Wildman–Crippen MR) is 133 cm³/mol. The zero-order valence-electron chi connectivity index (χ0n) is 20.8. The highest BCUT2D eigenvalue weighted by atomic mass is 19.1. The summed E-state index contributed by atoms with van der Waals surface area (Å²) in [5, 5.41) is 12.2. The third kappa shape index (κ3) is 10.8. The van der Waals surface area contributed by atoms with Crippen molar-refractivity contribution in [2.24, 2.45) is 5.92 Å². The zero-order chi connectivity index (χ0) is 25.6. The lowest BCUT2D eigenvalue weighted by Gasteiger charge is -2.24. The molecule has 0 spiro atoms. The van der Waals surface area contributed by atoms with Gasteiger partial charge in [0.1, 0.15) is 18.2 Å². The van der Waals surface area contributed by atoms with E-state index in [0.717, 1.165) is 24.0 Å². The van der Waals surface area contributed by atoms with E-state index >= 15 is 0 Å². The summed E-state index contributed by atoms with van der Waals surface area (Å²) in [6.07, 6.45) is 0.899. The van der Waals surface area contributed by atoms with E-state index in [4.69, 9.17) is 9.47 Å². The molecule has 2 N–H and O–H groups in total. The average Bonchev–Trinajstić information content (AvgIpc) is 2.83. The molecule has 2 amide bonds. The SMILES string of the molecule is CCOC(Cc1ccc(OCCN(CCCc2ccc(F)cc2)C(=O)NCC(C)C)cc1)C(=O)O. The monoisotopic (exact) mass is 488 g/mol. The third-order valence-electron chi connectivity index (χ3n) is 5.37. The molecule has 8 heteroatoms. The molecule has 0 bridgehead atoms. The maximum Gasteiger partial charge on any atom is 0.333 e. The van der Waals surface area contributed by atoms with Gasteiger partial charge >= 0.3 is 12.0 Å². The van der Waals surface area contributed by atoms with E-state index in [1.807, 2.05) is 26.0 Å². The van der Waals surface area contributed by atoms with Gasteiger partial charge in [0.15, 0.2) is 6.10 Å². The Labute approximate surface area is 207 Å². The smallest absolute Gasteiger partial charge is 0.333 e. The summed E-state index contributed by atoms with van der Waals surface area (Å²) in [6, 6.07) is 13.5. The van der Waals surface area contributed by atoms with Gasteiger partial charge in [-0.1, -0.05) is 38.1 Å². The van der Waals surface area contributed by atoms with Crippen molar-refractivity contribution in [1.82, 2.24) is 10.2 Å². The van der Waals surface area contributed by atoms with Gasteiger partial charge in [-0.05, 0) is 61.1 Å². The maximum absolute atomic E-state index is 13.1. The number of benzene rings is 2. The van der Waals surface area contributed by atoms with Gasteiger partial charge in [0, 0.05) is 26.1 Å². The van der Waals surface area contributed by atoms with Gasteiger partial charge in [-0.15, -0.1) is 0 Å². The fourth-order valence-electron chi connectivity index (χ4n) is 3.47. The number of carbonyl (C=O) groups excluding carboxylic acids is 1. The van der Waals surface area contributed by atoms with Crippen LogP contribution in [0.2, 0.25) is 0 Å². The number of hydrogen-bond acceptors (Lipinski definition) is 4. The van der Waals surface area contributed by atoms with Crippen LogP contribution in [0, 0.1) is 11.7 Å². The first-order valence-corrected chi connectivity index (χ1v) is 12.1. The summed E-state index contributed by atoms with van der Waals surface area (Å²) in [7, 11) is 0. The number of amides is 2. The van der Waals surface area contributed by atoms with Crippen molar-refractivity contribution in [2.45, 2.75) is 46.1 Å². The Kier molecular flexibility index (Phi) is 12.0. The van der Waals surface area contributed by atoms with Crippen LogP contribution in [0.25, 0.3) is 0 Å². The molecule has 0 aliphatic carbocycles. The summed E-state index contributed by atoms with van der Waals surface area (Å²) < 4.78 is 24.2. The second-order valence-corrected chi connectivity index (χ2v) is 8.78. The van der Waals surface area contributed by atoms with Crippen LogP contribution in [0.15, 0.2) is 48.5 Å². The number of aryl methyl sites for hydroxylation is 1. The topological polar surface area (TPSA) is 88.1 Å². The molecule has 7 nitrogen and oxygen atoms in total. The molecule has 1 unspecified atom stereocenters. The molecule has 2 aromatic carbocycles. The van der Waals surface area contributed by atoms with Gasteiger partial charge in [0.2, 0.25) is 0 Å². The number of halogens is 1. The molecule has 0 heterocycles. The Morgan fingerprint density at radius 1 is 1.03 bits per heavy atom. The average molecular weight is 489 g/mol. The van der Waals surface area contributed by atoms with Crippen molar-refractivity contribution in [3.8, 4) is 5.75 Å². The summed E-state index contributed by atoms with van der Waals surface area (Å²) >= 11 is 0. The molecular formula is C27H37FN2O5. The minimum absolute atomic E-state index is 0.132. The highest BCUT2D eigenvalue weighted by Gasteiger charge is 2.18. The van der Waals surface area contributed by atoms with Crippen molar-refractivity contribution in [1.29, 1.82) is 0 Å². The number of rotatable bonds is 15. The predicted octanol–water partition coefficient (Wildman–Crippen LogP) is 4.54. The minimum atomic E-state index is -0.984. The number of nitrogens with zero attached hydrogens (tertiary/aromatic N) is 1. The second-order valence-electron chi connectivity index (χ2n) is 8.78. The minimum Gasteiger partial charge on any atom is -0.492 e. The van der Waals surface area contributed by atoms with Crippen LogP contribution in [0.1, 0.15) is 38.3 Å². The molecule has 0 saturated carbocycles. The molecule has 0 saturated heterocycles. The summed E-state index contributed by atoms with van der Waals surface area (Å²) in [5.74, 6) is -0.254. The molecule has 0 aliphatic rings. The Morgan fingerprint density at radius 2 is 1.69 bits per heavy atom. The normalized spacial score (nSPS) is 11.8. The van der Waals surface area contributed by atoms with Crippen molar-refractivity contribution >= 4 is 12.0 Å². The van der Waals surface area contributed by atoms with Crippen molar-refractivity contribution < 1.29 is 28.6 Å². The number of aliphatic carboxylic acids is 1. The van der Waals surface area contributed by atoms with Crippen LogP contribution in [0.3, 0.4) is 0 Å². The van der Waals surface area contributed by atoms with E-state index in [-0.39, 0.29) is 18.3 Å². The molecule has 2 aromatic rings. The van der Waals surface area contributed by atoms with Crippen molar-refractivity contribution in [3.05, 3.63) is 65.5 Å². The van der Waals surface area contributed by atoms with E-state index in [2.05, 4.69) is 5.32 Å². The molecule has 192 valence electrons. The molecular weight excluding hydrogens is 451 g/mol. The lowest BCUT2D eigenvalue weighted by molar-refractivity contribution is -0.149. The number of carboxylic acid groups (broad SMARTS) is 1. The van der Waals surface area contributed by atoms with E-state index in [1.54, 1.807) is 36.1 Å². The standard InChI is InChI=1S/C27H37FN2O5/c1-4-34-25(26(31)32)18-22-9-13-24(14-10-22)35-17-16-30(27(33)29-19-20(2)3)15-5-6-21-7-11-23(28)12-8-21/h7-14,20,25H,4-6,15-19H2,1-3H3,(H,29,33)(H,31,32). The molecule has 1 atom stereocenters. The number of urea groups is 1. The van der Waals surface area contributed by atoms with Gasteiger partial charge in [-0.2, -0.15) is 0 Å². The zero-order valence-corrected chi connectivity index (χ0v) is 20.8. The Morgan fingerprint density at radius 3 is 2.29 bits per heavy atom. The molecule has 2 rings (SSSR count). The fraction of sp³-hybridized carbons (Fsp3) is 0.481. The molecule has 35 heavy (non-hydrogen) atoms. The Bertz CT molecular complexity index is 903.